The number of aromatic nitrogens is 2. The fraction of sp³-hybridized carbons (Fsp3) is 0.0208. The maximum atomic E-state index is 8.21. The Morgan fingerprint density at radius 3 is 1.59 bits per heavy atom. The Labute approximate surface area is 298 Å². The zero-order chi connectivity index (χ0) is 34.2. The molecule has 0 atom stereocenters. The van der Waals surface area contributed by atoms with Gasteiger partial charge in [-0.15, -0.1) is 0 Å². The third-order valence-corrected chi connectivity index (χ3v) is 9.99. The molecule has 1 aromatic heterocycles. The lowest BCUT2D eigenvalue weighted by atomic mass is 9.67. The fourth-order valence-electron chi connectivity index (χ4n) is 7.72. The molecule has 1 aliphatic carbocycles. The largest absolute Gasteiger partial charge is 0.238 e. The zero-order valence-corrected chi connectivity index (χ0v) is 27.7. The Hall–Kier alpha value is -6.89. The minimum absolute atomic E-state index is 0.559. The van der Waals surface area contributed by atoms with Crippen molar-refractivity contribution in [3.8, 4) is 56.2 Å². The highest BCUT2D eigenvalue weighted by molar-refractivity contribution is 5.95. The minimum atomic E-state index is -0.559. The van der Waals surface area contributed by atoms with Gasteiger partial charge >= 0.3 is 0 Å². The molecule has 1 heterocycles. The highest BCUT2D eigenvalue weighted by Gasteiger charge is 2.46. The van der Waals surface area contributed by atoms with Crippen LogP contribution < -0.4 is 0 Å². The van der Waals surface area contributed by atoms with Crippen LogP contribution in [0.25, 0.3) is 61.0 Å². The molecule has 3 nitrogen and oxygen atoms in total. The highest BCUT2D eigenvalue weighted by Crippen LogP contribution is 2.59. The van der Waals surface area contributed by atoms with Gasteiger partial charge in [-0.3, -0.25) is 0 Å². The summed E-state index contributed by atoms with van der Waals surface area (Å²) in [6, 6.07) is 65.4. The van der Waals surface area contributed by atoms with Crippen molar-refractivity contribution in [3.63, 3.8) is 0 Å². The summed E-state index contributed by atoms with van der Waals surface area (Å²) in [6.45, 7) is 8.21. The molecule has 0 N–H and O–H groups in total. The Morgan fingerprint density at radius 2 is 0.941 bits per heavy atom. The number of hydrogen-bond donors (Lipinski definition) is 0. The number of nitrogens with zero attached hydrogens (tertiary/aromatic N) is 3. The summed E-state index contributed by atoms with van der Waals surface area (Å²) in [5, 5.41) is 0. The Kier molecular flexibility index (Phi) is 7.42. The molecule has 0 aliphatic heterocycles. The van der Waals surface area contributed by atoms with Gasteiger partial charge in [-0.2, -0.15) is 0 Å². The van der Waals surface area contributed by atoms with Gasteiger partial charge in [-0.1, -0.05) is 170 Å². The van der Waals surface area contributed by atoms with Crippen LogP contribution in [0.1, 0.15) is 22.3 Å². The molecule has 0 amide bonds. The molecule has 0 unspecified atom stereocenters. The molecule has 0 radical (unpaired) electrons. The molecule has 238 valence electrons. The van der Waals surface area contributed by atoms with E-state index in [9.17, 15) is 0 Å². The molecule has 9 rings (SSSR count). The van der Waals surface area contributed by atoms with Crippen LogP contribution in [0.4, 0.5) is 5.69 Å². The molecule has 7 aromatic carbocycles. The smallest absolute Gasteiger partial charge is 0.195 e. The number of benzene rings is 7. The van der Waals surface area contributed by atoms with Crippen LogP contribution in [-0.4, -0.2) is 9.97 Å². The summed E-state index contributed by atoms with van der Waals surface area (Å²) in [5.41, 5.74) is 13.8. The van der Waals surface area contributed by atoms with E-state index in [-0.39, 0.29) is 0 Å². The Balaban J connectivity index is 1.23. The second-order valence-corrected chi connectivity index (χ2v) is 12.8. The lowest BCUT2D eigenvalue weighted by Gasteiger charge is -2.34. The number of fused-ring (bicyclic) bond motifs is 3. The molecule has 0 fully saturated rings. The van der Waals surface area contributed by atoms with Crippen molar-refractivity contribution in [3.05, 3.63) is 222 Å². The Bertz CT molecular complexity index is 2470. The summed E-state index contributed by atoms with van der Waals surface area (Å²) in [6.07, 6.45) is 0. The van der Waals surface area contributed by atoms with E-state index in [0.717, 1.165) is 55.9 Å². The number of hydrogen-bond acceptors (Lipinski definition) is 2. The molecule has 0 saturated carbocycles. The first-order chi connectivity index (χ1) is 25.2. The first-order valence-corrected chi connectivity index (χ1v) is 17.1. The normalized spacial score (nSPS) is 12.5. The van der Waals surface area contributed by atoms with Crippen LogP contribution in [0.3, 0.4) is 0 Å². The maximum absolute atomic E-state index is 8.21. The van der Waals surface area contributed by atoms with Gasteiger partial charge in [0.25, 0.3) is 0 Å². The van der Waals surface area contributed by atoms with Crippen molar-refractivity contribution < 1.29 is 0 Å². The molecular formula is C48H31N3. The topological polar surface area (TPSA) is 30.1 Å². The van der Waals surface area contributed by atoms with Crippen molar-refractivity contribution in [2.45, 2.75) is 5.41 Å². The average Bonchev–Trinajstić information content (AvgIpc) is 3.53. The summed E-state index contributed by atoms with van der Waals surface area (Å²) in [7, 11) is 0. The second-order valence-electron chi connectivity index (χ2n) is 12.8. The third kappa shape index (κ3) is 5.05. The SMILES string of the molecule is [C-]#[N+]c1cccc2c1-c1cc(-c3cccc(-c4cc(-c5ccccc5)nc(-c5ccccc5)n4)c3)ccc1C2(c1ccccc1)c1ccccc1. The van der Waals surface area contributed by atoms with Gasteiger partial charge in [0.05, 0.1) is 23.4 Å². The summed E-state index contributed by atoms with van der Waals surface area (Å²) >= 11 is 0. The predicted molar refractivity (Wildman–Crippen MR) is 207 cm³/mol. The first-order valence-electron chi connectivity index (χ1n) is 17.1. The molecular weight excluding hydrogens is 619 g/mol. The molecule has 0 bridgehead atoms. The van der Waals surface area contributed by atoms with Gasteiger partial charge in [0, 0.05) is 16.7 Å². The summed E-state index contributed by atoms with van der Waals surface area (Å²) < 4.78 is 0. The van der Waals surface area contributed by atoms with Crippen molar-refractivity contribution >= 4 is 5.69 Å². The third-order valence-electron chi connectivity index (χ3n) is 9.99. The monoisotopic (exact) mass is 649 g/mol. The molecule has 0 spiro atoms. The Morgan fingerprint density at radius 1 is 0.412 bits per heavy atom. The average molecular weight is 650 g/mol. The zero-order valence-electron chi connectivity index (χ0n) is 27.7. The second kappa shape index (κ2) is 12.5. The lowest BCUT2D eigenvalue weighted by Crippen LogP contribution is -2.28. The van der Waals surface area contributed by atoms with Gasteiger partial charge in [-0.25, -0.2) is 14.8 Å². The predicted octanol–water partition coefficient (Wildman–Crippen LogP) is 12.1. The van der Waals surface area contributed by atoms with Crippen molar-refractivity contribution in [1.29, 1.82) is 0 Å². The van der Waals surface area contributed by atoms with Crippen LogP contribution in [0.15, 0.2) is 188 Å². The van der Waals surface area contributed by atoms with E-state index in [4.69, 9.17) is 16.5 Å². The van der Waals surface area contributed by atoms with E-state index in [1.54, 1.807) is 0 Å². The van der Waals surface area contributed by atoms with Crippen LogP contribution >= 0.6 is 0 Å². The quantitative estimate of drug-likeness (QED) is 0.168. The van der Waals surface area contributed by atoms with E-state index < -0.39 is 5.41 Å². The maximum Gasteiger partial charge on any atom is 0.195 e. The van der Waals surface area contributed by atoms with Gasteiger partial charge in [0.2, 0.25) is 0 Å². The van der Waals surface area contributed by atoms with Crippen molar-refractivity contribution in [2.24, 2.45) is 0 Å². The molecule has 0 saturated heterocycles. The van der Waals surface area contributed by atoms with Crippen LogP contribution in [0, 0.1) is 6.57 Å². The van der Waals surface area contributed by atoms with Crippen LogP contribution in [-0.2, 0) is 5.41 Å². The highest BCUT2D eigenvalue weighted by atomic mass is 14.9. The minimum Gasteiger partial charge on any atom is -0.238 e. The van der Waals surface area contributed by atoms with Gasteiger partial charge in [0.1, 0.15) is 0 Å². The van der Waals surface area contributed by atoms with Crippen LogP contribution in [0.2, 0.25) is 0 Å². The molecule has 1 aliphatic rings. The molecule has 51 heavy (non-hydrogen) atoms. The lowest BCUT2D eigenvalue weighted by molar-refractivity contribution is 0.769. The van der Waals surface area contributed by atoms with Gasteiger partial charge < -0.3 is 0 Å². The standard InChI is InChI=1S/C48H31N3/c1-49-43-27-15-26-42-46(43)40-31-36(28-29-41(40)48(42,38-22-10-4-11-23-38)39-24-12-5-13-25-39)35-20-14-21-37(30-35)45-32-44(33-16-6-2-7-17-33)50-47(51-45)34-18-8-3-9-19-34/h2-32H. The van der Waals surface area contributed by atoms with Gasteiger partial charge in [-0.05, 0) is 62.7 Å². The fourth-order valence-corrected chi connectivity index (χ4v) is 7.72. The molecule has 3 heteroatoms. The first kappa shape index (κ1) is 30.2. The van der Waals surface area contributed by atoms with E-state index in [1.807, 2.05) is 48.5 Å². The van der Waals surface area contributed by atoms with E-state index in [1.165, 1.54) is 16.7 Å². The van der Waals surface area contributed by atoms with Crippen LogP contribution in [0.5, 0.6) is 0 Å². The van der Waals surface area contributed by atoms with Crippen molar-refractivity contribution in [2.75, 3.05) is 0 Å². The van der Waals surface area contributed by atoms with Gasteiger partial charge in [0.15, 0.2) is 11.5 Å². The number of rotatable bonds is 6. The van der Waals surface area contributed by atoms with E-state index >= 15 is 0 Å². The van der Waals surface area contributed by atoms with Crippen molar-refractivity contribution in [1.82, 2.24) is 9.97 Å². The van der Waals surface area contributed by atoms with E-state index in [0.29, 0.717) is 11.5 Å². The van der Waals surface area contributed by atoms with E-state index in [2.05, 4.69) is 144 Å². The molecule has 8 aromatic rings. The summed E-state index contributed by atoms with van der Waals surface area (Å²) in [5.74, 6) is 0.691. The summed E-state index contributed by atoms with van der Waals surface area (Å²) in [4.78, 5) is 14.1.